The van der Waals surface area contributed by atoms with E-state index in [1.54, 1.807) is 0 Å². The zero-order valence-electron chi connectivity index (χ0n) is 12.8. The maximum Gasteiger partial charge on any atom is 0.111 e. The number of aromatic nitrogens is 2. The van der Waals surface area contributed by atoms with Gasteiger partial charge in [-0.15, -0.1) is 0 Å². The molecule has 2 unspecified atom stereocenters. The van der Waals surface area contributed by atoms with Gasteiger partial charge in [-0.25, -0.2) is 4.98 Å². The lowest BCUT2D eigenvalue weighted by Crippen LogP contribution is -2.26. The summed E-state index contributed by atoms with van der Waals surface area (Å²) < 4.78 is 7.95. The molecule has 4 heteroatoms. The zero-order valence-corrected chi connectivity index (χ0v) is 12.8. The summed E-state index contributed by atoms with van der Waals surface area (Å²) in [5, 5.41) is 0. The van der Waals surface area contributed by atoms with E-state index < -0.39 is 0 Å². The molecule has 114 valence electrons. The van der Waals surface area contributed by atoms with Gasteiger partial charge in [-0.1, -0.05) is 12.1 Å². The summed E-state index contributed by atoms with van der Waals surface area (Å²) in [4.78, 5) is 4.75. The Morgan fingerprint density at radius 3 is 3.05 bits per heavy atom. The fourth-order valence-corrected chi connectivity index (χ4v) is 3.24. The number of para-hydroxylation sites is 2. The number of fused-ring (bicyclic) bond motifs is 1. The normalized spacial score (nSPS) is 20.2. The Balaban J connectivity index is 1.65. The molecule has 0 spiro atoms. The van der Waals surface area contributed by atoms with Crippen molar-refractivity contribution < 1.29 is 4.74 Å². The van der Waals surface area contributed by atoms with Gasteiger partial charge in [-0.05, 0) is 44.7 Å². The summed E-state index contributed by atoms with van der Waals surface area (Å²) in [5.74, 6) is 1.11. The molecule has 2 atom stereocenters. The van der Waals surface area contributed by atoms with E-state index in [9.17, 15) is 0 Å². The molecule has 3 rings (SSSR count). The van der Waals surface area contributed by atoms with Crippen molar-refractivity contribution in [3.05, 3.63) is 30.1 Å². The molecule has 1 aliphatic rings. The third kappa shape index (κ3) is 3.27. The maximum absolute atomic E-state index is 6.32. The molecule has 4 nitrogen and oxygen atoms in total. The number of nitrogens with zero attached hydrogens (tertiary/aromatic N) is 2. The number of rotatable bonds is 6. The first-order valence-electron chi connectivity index (χ1n) is 8.09. The summed E-state index contributed by atoms with van der Waals surface area (Å²) in [7, 11) is 0. The van der Waals surface area contributed by atoms with Gasteiger partial charge in [0.1, 0.15) is 5.82 Å². The number of ether oxygens (including phenoxy) is 1. The number of imidazole rings is 1. The quantitative estimate of drug-likeness (QED) is 0.889. The van der Waals surface area contributed by atoms with Gasteiger partial charge in [-0.2, -0.15) is 0 Å². The first-order valence-corrected chi connectivity index (χ1v) is 8.09. The van der Waals surface area contributed by atoms with Gasteiger partial charge in [0, 0.05) is 25.6 Å². The molecule has 1 aliphatic heterocycles. The van der Waals surface area contributed by atoms with Crippen molar-refractivity contribution in [2.24, 2.45) is 5.73 Å². The van der Waals surface area contributed by atoms with Crippen LogP contribution in [0.2, 0.25) is 0 Å². The molecule has 1 saturated heterocycles. The Labute approximate surface area is 126 Å². The standard InChI is InChI=1S/C17H25N3O/c1-2-20-16-8-4-3-7-15(16)19-17(20)12-13(18)9-10-14-6-5-11-21-14/h3-4,7-8,13-14H,2,5-6,9-12,18H2,1H3. The molecule has 21 heavy (non-hydrogen) atoms. The maximum atomic E-state index is 6.32. The van der Waals surface area contributed by atoms with Crippen molar-refractivity contribution in [1.82, 2.24) is 9.55 Å². The average molecular weight is 287 g/mol. The number of hydrogen-bond acceptors (Lipinski definition) is 3. The topological polar surface area (TPSA) is 53.1 Å². The van der Waals surface area contributed by atoms with Crippen LogP contribution >= 0.6 is 0 Å². The molecule has 2 N–H and O–H groups in total. The third-order valence-electron chi connectivity index (χ3n) is 4.38. The van der Waals surface area contributed by atoms with Crippen LogP contribution in [-0.4, -0.2) is 28.3 Å². The molecule has 2 heterocycles. The minimum Gasteiger partial charge on any atom is -0.378 e. The molecule has 2 aromatic rings. The van der Waals surface area contributed by atoms with E-state index in [0.29, 0.717) is 6.10 Å². The lowest BCUT2D eigenvalue weighted by molar-refractivity contribution is 0.101. The zero-order chi connectivity index (χ0) is 14.7. The Kier molecular flexibility index (Phi) is 4.56. The van der Waals surface area contributed by atoms with E-state index in [4.69, 9.17) is 15.5 Å². The van der Waals surface area contributed by atoms with E-state index in [2.05, 4.69) is 29.7 Å². The number of aryl methyl sites for hydroxylation is 1. The summed E-state index contributed by atoms with van der Waals surface area (Å²) in [5.41, 5.74) is 8.60. The first-order chi connectivity index (χ1) is 10.3. The van der Waals surface area contributed by atoms with E-state index in [0.717, 1.165) is 43.8 Å². The Morgan fingerprint density at radius 2 is 2.29 bits per heavy atom. The second-order valence-electron chi connectivity index (χ2n) is 5.94. The van der Waals surface area contributed by atoms with Crippen molar-refractivity contribution in [2.75, 3.05) is 6.61 Å². The predicted octanol–water partition coefficient (Wildman–Crippen LogP) is 2.89. The van der Waals surface area contributed by atoms with Crippen LogP contribution in [0, 0.1) is 0 Å². The summed E-state index contributed by atoms with van der Waals surface area (Å²) >= 11 is 0. The largest absolute Gasteiger partial charge is 0.378 e. The van der Waals surface area contributed by atoms with Gasteiger partial charge in [0.2, 0.25) is 0 Å². The third-order valence-corrected chi connectivity index (χ3v) is 4.38. The van der Waals surface area contributed by atoms with Crippen molar-refractivity contribution in [1.29, 1.82) is 0 Å². The predicted molar refractivity (Wildman–Crippen MR) is 85.3 cm³/mol. The minimum absolute atomic E-state index is 0.163. The van der Waals surface area contributed by atoms with Crippen LogP contribution in [-0.2, 0) is 17.7 Å². The van der Waals surface area contributed by atoms with E-state index >= 15 is 0 Å². The second kappa shape index (κ2) is 6.58. The molecule has 0 bridgehead atoms. The molecule has 0 saturated carbocycles. The van der Waals surface area contributed by atoms with Crippen LogP contribution < -0.4 is 5.73 Å². The van der Waals surface area contributed by atoms with Crippen LogP contribution in [0.15, 0.2) is 24.3 Å². The number of hydrogen-bond donors (Lipinski definition) is 1. The smallest absolute Gasteiger partial charge is 0.111 e. The SMILES string of the molecule is CCn1c(CC(N)CCC2CCCO2)nc2ccccc21. The number of benzene rings is 1. The molecule has 1 aromatic carbocycles. The van der Waals surface area contributed by atoms with Crippen LogP contribution in [0.25, 0.3) is 11.0 Å². The van der Waals surface area contributed by atoms with Crippen LogP contribution in [0.4, 0.5) is 0 Å². The van der Waals surface area contributed by atoms with Crippen LogP contribution in [0.1, 0.15) is 38.4 Å². The van der Waals surface area contributed by atoms with Gasteiger partial charge in [0.25, 0.3) is 0 Å². The average Bonchev–Trinajstić information content (AvgIpc) is 3.12. The Morgan fingerprint density at radius 1 is 1.43 bits per heavy atom. The van der Waals surface area contributed by atoms with Gasteiger partial charge >= 0.3 is 0 Å². The molecule has 0 radical (unpaired) electrons. The summed E-state index contributed by atoms with van der Waals surface area (Å²) in [6.07, 6.45) is 5.76. The van der Waals surface area contributed by atoms with Crippen molar-refractivity contribution in [3.63, 3.8) is 0 Å². The van der Waals surface area contributed by atoms with Gasteiger partial charge < -0.3 is 15.0 Å². The van der Waals surface area contributed by atoms with Crippen LogP contribution in [0.5, 0.6) is 0 Å². The van der Waals surface area contributed by atoms with Crippen molar-refractivity contribution >= 4 is 11.0 Å². The monoisotopic (exact) mass is 287 g/mol. The van der Waals surface area contributed by atoms with E-state index in [1.165, 1.54) is 18.4 Å². The van der Waals surface area contributed by atoms with Gasteiger partial charge in [0.15, 0.2) is 0 Å². The van der Waals surface area contributed by atoms with Crippen LogP contribution in [0.3, 0.4) is 0 Å². The highest BCUT2D eigenvalue weighted by molar-refractivity contribution is 5.75. The Hall–Kier alpha value is -1.39. The highest BCUT2D eigenvalue weighted by Gasteiger charge is 2.18. The van der Waals surface area contributed by atoms with Gasteiger partial charge in [0.05, 0.1) is 17.1 Å². The fourth-order valence-electron chi connectivity index (χ4n) is 3.24. The highest BCUT2D eigenvalue weighted by atomic mass is 16.5. The summed E-state index contributed by atoms with van der Waals surface area (Å²) in [6.45, 7) is 4.02. The minimum atomic E-state index is 0.163. The second-order valence-corrected chi connectivity index (χ2v) is 5.94. The van der Waals surface area contributed by atoms with Crippen molar-refractivity contribution in [2.45, 2.75) is 57.7 Å². The Bertz CT molecular complexity index is 587. The van der Waals surface area contributed by atoms with Crippen molar-refractivity contribution in [3.8, 4) is 0 Å². The molecular formula is C17H25N3O. The first kappa shape index (κ1) is 14.5. The molecule has 1 fully saturated rings. The van der Waals surface area contributed by atoms with Gasteiger partial charge in [-0.3, -0.25) is 0 Å². The number of nitrogens with two attached hydrogens (primary N) is 1. The molecule has 0 amide bonds. The lowest BCUT2D eigenvalue weighted by Gasteiger charge is -2.15. The molecule has 0 aliphatic carbocycles. The van der Waals surface area contributed by atoms with E-state index in [-0.39, 0.29) is 6.04 Å². The van der Waals surface area contributed by atoms with E-state index in [1.807, 2.05) is 6.07 Å². The molecule has 1 aromatic heterocycles. The highest BCUT2D eigenvalue weighted by Crippen LogP contribution is 2.20. The fraction of sp³-hybridized carbons (Fsp3) is 0.588. The lowest BCUT2D eigenvalue weighted by atomic mass is 10.0. The summed E-state index contributed by atoms with van der Waals surface area (Å²) in [6, 6.07) is 8.47. The molecular weight excluding hydrogens is 262 g/mol.